The van der Waals surface area contributed by atoms with E-state index in [-0.39, 0.29) is 25.0 Å². The number of benzene rings is 4. The molecule has 4 rings (SSSR count). The molecule has 4 aromatic carbocycles. The zero-order chi connectivity index (χ0) is 26.2. The van der Waals surface area contributed by atoms with Crippen LogP contribution in [0.5, 0.6) is 5.75 Å². The van der Waals surface area contributed by atoms with Crippen molar-refractivity contribution in [2.45, 2.75) is 25.9 Å². The third kappa shape index (κ3) is 6.99. The van der Waals surface area contributed by atoms with Crippen LogP contribution in [0.25, 0.3) is 10.8 Å². The predicted octanol–water partition coefficient (Wildman–Crippen LogP) is 6.52. The SMILES string of the molecule is CCNC(=O)C(Cc1ccccc1)N(Cc1cccc(Br)c1)C(=O)COc1ccc2ccccc2c1Br. The summed E-state index contributed by atoms with van der Waals surface area (Å²) in [6, 6.07) is 28.6. The first-order valence-electron chi connectivity index (χ1n) is 12.1. The molecule has 0 heterocycles. The number of halogens is 2. The summed E-state index contributed by atoms with van der Waals surface area (Å²) < 4.78 is 7.71. The van der Waals surface area contributed by atoms with Crippen LogP contribution in [0.1, 0.15) is 18.1 Å². The number of nitrogens with one attached hydrogen (secondary N) is 1. The van der Waals surface area contributed by atoms with Gasteiger partial charge in [0.1, 0.15) is 11.8 Å². The van der Waals surface area contributed by atoms with Crippen LogP contribution in [0.2, 0.25) is 0 Å². The third-order valence-corrected chi connectivity index (χ3v) is 7.35. The number of hydrogen-bond acceptors (Lipinski definition) is 3. The Bertz CT molecular complexity index is 1380. The van der Waals surface area contributed by atoms with E-state index in [2.05, 4.69) is 37.2 Å². The Labute approximate surface area is 234 Å². The molecule has 0 bridgehead atoms. The second-order valence-corrected chi connectivity index (χ2v) is 10.3. The Kier molecular flexibility index (Phi) is 9.36. The van der Waals surface area contributed by atoms with Gasteiger partial charge in [-0.25, -0.2) is 0 Å². The number of ether oxygens (including phenoxy) is 1. The molecule has 0 fully saturated rings. The molecule has 0 radical (unpaired) electrons. The largest absolute Gasteiger partial charge is 0.483 e. The maximum Gasteiger partial charge on any atom is 0.261 e. The first-order valence-corrected chi connectivity index (χ1v) is 13.7. The zero-order valence-corrected chi connectivity index (χ0v) is 23.7. The standard InChI is InChI=1S/C30H28Br2N2O3/c1-2-33-30(36)26(18-21-9-4-3-5-10-21)34(19-22-11-8-13-24(31)17-22)28(35)20-37-27-16-15-23-12-6-7-14-25(23)29(27)32/h3-17,26H,2,18-20H2,1H3,(H,33,36). The molecular formula is C30H28Br2N2O3. The summed E-state index contributed by atoms with van der Waals surface area (Å²) in [5.74, 6) is 0.112. The lowest BCUT2D eigenvalue weighted by atomic mass is 10.0. The minimum atomic E-state index is -0.697. The lowest BCUT2D eigenvalue weighted by Crippen LogP contribution is -2.51. The summed E-state index contributed by atoms with van der Waals surface area (Å²) in [5.41, 5.74) is 1.89. The Morgan fingerprint density at radius 2 is 1.62 bits per heavy atom. The minimum Gasteiger partial charge on any atom is -0.483 e. The van der Waals surface area contributed by atoms with Crippen LogP contribution in [-0.2, 0) is 22.6 Å². The van der Waals surface area contributed by atoms with Gasteiger partial charge < -0.3 is 15.0 Å². The van der Waals surface area contributed by atoms with Crippen molar-refractivity contribution in [1.29, 1.82) is 0 Å². The summed E-state index contributed by atoms with van der Waals surface area (Å²) in [5, 5.41) is 4.99. The van der Waals surface area contributed by atoms with Gasteiger partial charge in [0.15, 0.2) is 6.61 Å². The van der Waals surface area contributed by atoms with Crippen LogP contribution in [0, 0.1) is 0 Å². The smallest absolute Gasteiger partial charge is 0.261 e. The Morgan fingerprint density at radius 1 is 0.892 bits per heavy atom. The maximum absolute atomic E-state index is 13.7. The van der Waals surface area contributed by atoms with Crippen molar-refractivity contribution in [3.05, 3.63) is 111 Å². The molecule has 0 spiro atoms. The molecule has 0 aliphatic carbocycles. The monoisotopic (exact) mass is 622 g/mol. The van der Waals surface area contributed by atoms with E-state index in [1.807, 2.05) is 97.9 Å². The highest BCUT2D eigenvalue weighted by Crippen LogP contribution is 2.33. The van der Waals surface area contributed by atoms with Crippen molar-refractivity contribution in [1.82, 2.24) is 10.2 Å². The van der Waals surface area contributed by atoms with Gasteiger partial charge in [0.2, 0.25) is 5.91 Å². The van der Waals surface area contributed by atoms with E-state index >= 15 is 0 Å². The zero-order valence-electron chi connectivity index (χ0n) is 20.5. The van der Waals surface area contributed by atoms with Crippen molar-refractivity contribution >= 4 is 54.4 Å². The van der Waals surface area contributed by atoms with E-state index in [0.717, 1.165) is 30.8 Å². The van der Waals surface area contributed by atoms with Crippen LogP contribution in [0.15, 0.2) is 99.9 Å². The fourth-order valence-corrected chi connectivity index (χ4v) is 5.28. The highest BCUT2D eigenvalue weighted by molar-refractivity contribution is 9.11. The van der Waals surface area contributed by atoms with Gasteiger partial charge in [-0.2, -0.15) is 0 Å². The van der Waals surface area contributed by atoms with Crippen molar-refractivity contribution < 1.29 is 14.3 Å². The van der Waals surface area contributed by atoms with Gasteiger partial charge in [0, 0.05) is 24.0 Å². The second kappa shape index (κ2) is 12.9. The lowest BCUT2D eigenvalue weighted by Gasteiger charge is -2.31. The molecule has 7 heteroatoms. The normalized spacial score (nSPS) is 11.6. The summed E-state index contributed by atoms with van der Waals surface area (Å²) in [6.45, 7) is 2.42. The third-order valence-electron chi connectivity index (χ3n) is 6.04. The Morgan fingerprint density at radius 3 is 2.38 bits per heavy atom. The number of nitrogens with zero attached hydrogens (tertiary/aromatic N) is 1. The first kappa shape index (κ1) is 26.9. The summed E-state index contributed by atoms with van der Waals surface area (Å²) >= 11 is 7.14. The Balaban J connectivity index is 1.63. The van der Waals surface area contributed by atoms with Gasteiger partial charge in [-0.1, -0.05) is 88.7 Å². The molecule has 0 aromatic heterocycles. The fourth-order valence-electron chi connectivity index (χ4n) is 4.23. The molecule has 0 aliphatic heterocycles. The Hall–Kier alpha value is -3.16. The molecule has 1 N–H and O–H groups in total. The molecule has 190 valence electrons. The van der Waals surface area contributed by atoms with Gasteiger partial charge in [-0.3, -0.25) is 9.59 Å². The van der Waals surface area contributed by atoms with Gasteiger partial charge in [0.05, 0.1) is 4.47 Å². The molecule has 1 unspecified atom stereocenters. The number of likely N-dealkylation sites (N-methyl/N-ethyl adjacent to an activating group) is 1. The molecule has 5 nitrogen and oxygen atoms in total. The number of rotatable bonds is 10. The fraction of sp³-hybridized carbons (Fsp3) is 0.200. The maximum atomic E-state index is 13.7. The predicted molar refractivity (Wildman–Crippen MR) is 154 cm³/mol. The second-order valence-electron chi connectivity index (χ2n) is 8.64. The number of carbonyl (C=O) groups excluding carboxylic acids is 2. The molecule has 0 aliphatic rings. The highest BCUT2D eigenvalue weighted by atomic mass is 79.9. The first-order chi connectivity index (χ1) is 18.0. The molecule has 0 saturated heterocycles. The van der Waals surface area contributed by atoms with E-state index in [1.165, 1.54) is 0 Å². The van der Waals surface area contributed by atoms with Crippen LogP contribution in [0.4, 0.5) is 0 Å². The number of carbonyl (C=O) groups is 2. The molecular weight excluding hydrogens is 596 g/mol. The average molecular weight is 624 g/mol. The van der Waals surface area contributed by atoms with Crippen molar-refractivity contribution in [3.8, 4) is 5.75 Å². The average Bonchev–Trinajstić information content (AvgIpc) is 2.91. The van der Waals surface area contributed by atoms with Crippen LogP contribution < -0.4 is 10.1 Å². The lowest BCUT2D eigenvalue weighted by molar-refractivity contribution is -0.142. The van der Waals surface area contributed by atoms with Gasteiger partial charge >= 0.3 is 0 Å². The summed E-state index contributed by atoms with van der Waals surface area (Å²) in [7, 11) is 0. The highest BCUT2D eigenvalue weighted by Gasteiger charge is 2.30. The number of amides is 2. The van der Waals surface area contributed by atoms with Crippen molar-refractivity contribution in [2.75, 3.05) is 13.2 Å². The van der Waals surface area contributed by atoms with Crippen LogP contribution in [-0.4, -0.2) is 35.9 Å². The van der Waals surface area contributed by atoms with Crippen molar-refractivity contribution in [3.63, 3.8) is 0 Å². The van der Waals surface area contributed by atoms with E-state index in [4.69, 9.17) is 4.74 Å². The van der Waals surface area contributed by atoms with E-state index < -0.39 is 6.04 Å². The van der Waals surface area contributed by atoms with Crippen LogP contribution >= 0.6 is 31.9 Å². The molecule has 4 aromatic rings. The molecule has 2 amide bonds. The van der Waals surface area contributed by atoms with Crippen molar-refractivity contribution in [2.24, 2.45) is 0 Å². The number of hydrogen-bond donors (Lipinski definition) is 1. The topological polar surface area (TPSA) is 58.6 Å². The number of fused-ring (bicyclic) bond motifs is 1. The minimum absolute atomic E-state index is 0.193. The summed E-state index contributed by atoms with van der Waals surface area (Å²) in [4.78, 5) is 28.6. The van der Waals surface area contributed by atoms with E-state index in [1.54, 1.807) is 4.90 Å². The van der Waals surface area contributed by atoms with E-state index in [0.29, 0.717) is 18.7 Å². The molecule has 37 heavy (non-hydrogen) atoms. The van der Waals surface area contributed by atoms with E-state index in [9.17, 15) is 9.59 Å². The van der Waals surface area contributed by atoms with Gasteiger partial charge in [-0.05, 0) is 63.0 Å². The molecule has 0 saturated carbocycles. The van der Waals surface area contributed by atoms with Gasteiger partial charge in [-0.15, -0.1) is 0 Å². The summed E-state index contributed by atoms with van der Waals surface area (Å²) in [6.07, 6.45) is 0.395. The van der Waals surface area contributed by atoms with Crippen LogP contribution in [0.3, 0.4) is 0 Å². The van der Waals surface area contributed by atoms with Gasteiger partial charge in [0.25, 0.3) is 5.91 Å². The quantitative estimate of drug-likeness (QED) is 0.219. The molecule has 1 atom stereocenters.